The van der Waals surface area contributed by atoms with E-state index in [2.05, 4.69) is 10.6 Å². The van der Waals surface area contributed by atoms with Crippen molar-refractivity contribution in [2.24, 2.45) is 0 Å². The van der Waals surface area contributed by atoms with E-state index in [1.54, 1.807) is 0 Å². The number of hydrogen-bond acceptors (Lipinski definition) is 1. The van der Waals surface area contributed by atoms with Gasteiger partial charge in [-0.25, -0.2) is 13.6 Å². The molecule has 0 bridgehead atoms. The first kappa shape index (κ1) is 8.93. The minimum absolute atomic E-state index is 0.320. The Kier molecular flexibility index (Phi) is 2.07. The number of carbonyl (C=O) groups excluding carboxylic acids is 1. The largest absolute Gasteiger partial charge is 0.336 e. The van der Waals surface area contributed by atoms with Crippen LogP contribution in [0.1, 0.15) is 11.6 Å². The molecule has 1 aliphatic heterocycles. The highest BCUT2D eigenvalue weighted by atomic mass is 19.1. The molecule has 0 radical (unpaired) electrons. The van der Waals surface area contributed by atoms with Crippen molar-refractivity contribution >= 4 is 6.03 Å². The fourth-order valence-corrected chi connectivity index (χ4v) is 1.43. The Bertz CT molecular complexity index is 361. The van der Waals surface area contributed by atoms with Crippen molar-refractivity contribution < 1.29 is 13.6 Å². The lowest BCUT2D eigenvalue weighted by atomic mass is 10.1. The predicted octanol–water partition coefficient (Wildman–Crippen LogP) is 1.32. The van der Waals surface area contributed by atoms with E-state index in [4.69, 9.17) is 0 Å². The molecule has 2 N–H and O–H groups in total. The molecule has 0 saturated carbocycles. The van der Waals surface area contributed by atoms with E-state index >= 15 is 0 Å². The van der Waals surface area contributed by atoms with Gasteiger partial charge in [-0.2, -0.15) is 0 Å². The molecule has 3 nitrogen and oxygen atoms in total. The molecule has 2 rings (SSSR count). The molecule has 0 unspecified atom stereocenters. The van der Waals surface area contributed by atoms with Gasteiger partial charge < -0.3 is 10.6 Å². The second-order valence-corrected chi connectivity index (χ2v) is 3.11. The highest BCUT2D eigenvalue weighted by Crippen LogP contribution is 2.17. The summed E-state index contributed by atoms with van der Waals surface area (Å²) in [6.45, 7) is 0.349. The molecule has 1 aromatic carbocycles. The van der Waals surface area contributed by atoms with Crippen LogP contribution >= 0.6 is 0 Å². The van der Waals surface area contributed by atoms with Crippen molar-refractivity contribution in [3.05, 3.63) is 35.4 Å². The van der Waals surface area contributed by atoms with E-state index in [1.165, 1.54) is 12.1 Å². The van der Waals surface area contributed by atoms with Gasteiger partial charge in [-0.3, -0.25) is 0 Å². The van der Waals surface area contributed by atoms with Gasteiger partial charge in [-0.15, -0.1) is 0 Å². The molecule has 1 aromatic rings. The number of carbonyl (C=O) groups is 1. The Balaban J connectivity index is 2.27. The first-order valence-corrected chi connectivity index (χ1v) is 4.15. The summed E-state index contributed by atoms with van der Waals surface area (Å²) in [6.07, 6.45) is 0. The quantitative estimate of drug-likeness (QED) is 0.702. The van der Waals surface area contributed by atoms with E-state index < -0.39 is 11.6 Å². The molecule has 14 heavy (non-hydrogen) atoms. The van der Waals surface area contributed by atoms with Crippen LogP contribution in [-0.2, 0) is 0 Å². The molecule has 1 heterocycles. The molecular weight excluding hydrogens is 190 g/mol. The summed E-state index contributed by atoms with van der Waals surface area (Å²) in [5.74, 6) is -1.28. The maximum atomic E-state index is 12.8. The van der Waals surface area contributed by atoms with E-state index in [9.17, 15) is 13.6 Å². The van der Waals surface area contributed by atoms with Crippen molar-refractivity contribution in [3.63, 3.8) is 0 Å². The lowest BCUT2D eigenvalue weighted by Gasteiger charge is -2.08. The summed E-state index contributed by atoms with van der Waals surface area (Å²) in [5.41, 5.74) is 0.431. The average Bonchev–Trinajstić information content (AvgIpc) is 2.50. The molecule has 0 aliphatic carbocycles. The first-order valence-electron chi connectivity index (χ1n) is 4.15. The van der Waals surface area contributed by atoms with Crippen molar-refractivity contribution in [3.8, 4) is 0 Å². The van der Waals surface area contributed by atoms with Gasteiger partial charge in [0.2, 0.25) is 0 Å². The Morgan fingerprint density at radius 2 is 1.86 bits per heavy atom. The van der Waals surface area contributed by atoms with E-state index in [-0.39, 0.29) is 12.1 Å². The maximum absolute atomic E-state index is 12.8. The molecular formula is C9H8F2N2O. The number of amides is 2. The summed E-state index contributed by atoms with van der Waals surface area (Å²) < 4.78 is 25.6. The molecule has 0 spiro atoms. The number of nitrogens with one attached hydrogen (secondary N) is 2. The van der Waals surface area contributed by atoms with Crippen LogP contribution in [0, 0.1) is 11.6 Å². The van der Waals surface area contributed by atoms with Gasteiger partial charge in [0, 0.05) is 12.6 Å². The summed E-state index contributed by atoms with van der Waals surface area (Å²) in [6, 6.07) is 2.54. The summed E-state index contributed by atoms with van der Waals surface area (Å²) in [5, 5.41) is 5.05. The van der Waals surface area contributed by atoms with Crippen LogP contribution in [0.2, 0.25) is 0 Å². The minimum atomic E-state index is -0.638. The molecule has 1 fully saturated rings. The number of hydrogen-bond donors (Lipinski definition) is 2. The zero-order valence-corrected chi connectivity index (χ0v) is 7.18. The lowest BCUT2D eigenvalue weighted by molar-refractivity contribution is 0.247. The fraction of sp³-hybridized carbons (Fsp3) is 0.222. The topological polar surface area (TPSA) is 41.1 Å². The van der Waals surface area contributed by atoms with E-state index in [1.807, 2.05) is 0 Å². The Labute approximate surface area is 79.1 Å². The highest BCUT2D eigenvalue weighted by Gasteiger charge is 2.22. The highest BCUT2D eigenvalue weighted by molar-refractivity contribution is 5.76. The Morgan fingerprint density at radius 3 is 2.36 bits per heavy atom. The van der Waals surface area contributed by atoms with Gasteiger partial charge in [0.25, 0.3) is 0 Å². The molecule has 0 aromatic heterocycles. The smallest absolute Gasteiger partial charge is 0.315 e. The lowest BCUT2D eigenvalue weighted by Crippen LogP contribution is -2.21. The van der Waals surface area contributed by atoms with Crippen molar-refractivity contribution in [2.75, 3.05) is 6.54 Å². The molecule has 1 aliphatic rings. The van der Waals surface area contributed by atoms with Gasteiger partial charge in [-0.1, -0.05) is 0 Å². The first-order chi connectivity index (χ1) is 6.65. The monoisotopic (exact) mass is 198 g/mol. The van der Waals surface area contributed by atoms with Crippen LogP contribution in [0.25, 0.3) is 0 Å². The maximum Gasteiger partial charge on any atom is 0.315 e. The fourth-order valence-electron chi connectivity index (χ4n) is 1.43. The van der Waals surface area contributed by atoms with Gasteiger partial charge in [0.1, 0.15) is 11.6 Å². The van der Waals surface area contributed by atoms with Crippen molar-refractivity contribution in [2.45, 2.75) is 6.04 Å². The Morgan fingerprint density at radius 1 is 1.21 bits per heavy atom. The van der Waals surface area contributed by atoms with Crippen LogP contribution in [0.4, 0.5) is 13.6 Å². The molecule has 5 heteroatoms. The number of urea groups is 1. The zero-order chi connectivity index (χ0) is 10.1. The van der Waals surface area contributed by atoms with Crippen molar-refractivity contribution in [1.29, 1.82) is 0 Å². The Hall–Kier alpha value is -1.65. The van der Waals surface area contributed by atoms with Gasteiger partial charge in [-0.05, 0) is 17.7 Å². The summed E-state index contributed by atoms with van der Waals surface area (Å²) in [7, 11) is 0. The SMILES string of the molecule is O=C1NC[C@H](c2cc(F)cc(F)c2)N1. The molecule has 1 atom stereocenters. The van der Waals surface area contributed by atoms with E-state index in [0.717, 1.165) is 6.07 Å². The number of rotatable bonds is 1. The second kappa shape index (κ2) is 3.25. The van der Waals surface area contributed by atoms with E-state index in [0.29, 0.717) is 12.1 Å². The third kappa shape index (κ3) is 1.66. The number of halogens is 2. The summed E-state index contributed by atoms with van der Waals surface area (Å²) in [4.78, 5) is 10.8. The van der Waals surface area contributed by atoms with Gasteiger partial charge in [0.05, 0.1) is 6.04 Å². The van der Waals surface area contributed by atoms with Crippen LogP contribution in [0.5, 0.6) is 0 Å². The van der Waals surface area contributed by atoms with Crippen molar-refractivity contribution in [1.82, 2.24) is 10.6 Å². The molecule has 2 amide bonds. The molecule has 1 saturated heterocycles. The zero-order valence-electron chi connectivity index (χ0n) is 7.18. The predicted molar refractivity (Wildman–Crippen MR) is 45.6 cm³/mol. The third-order valence-electron chi connectivity index (χ3n) is 2.06. The average molecular weight is 198 g/mol. The van der Waals surface area contributed by atoms with Crippen LogP contribution < -0.4 is 10.6 Å². The third-order valence-corrected chi connectivity index (χ3v) is 2.06. The van der Waals surface area contributed by atoms with Crippen LogP contribution in [-0.4, -0.2) is 12.6 Å². The van der Waals surface area contributed by atoms with Crippen LogP contribution in [0.3, 0.4) is 0 Å². The minimum Gasteiger partial charge on any atom is -0.336 e. The summed E-state index contributed by atoms with van der Waals surface area (Å²) >= 11 is 0. The van der Waals surface area contributed by atoms with Gasteiger partial charge in [0.15, 0.2) is 0 Å². The van der Waals surface area contributed by atoms with Crippen LogP contribution in [0.15, 0.2) is 18.2 Å². The standard InChI is InChI=1S/C9H8F2N2O/c10-6-1-5(2-7(11)3-6)8-4-12-9(14)13-8/h1-3,8H,4H2,(H2,12,13,14)/t8-/m1/s1. The van der Waals surface area contributed by atoms with Gasteiger partial charge >= 0.3 is 6.03 Å². The number of benzene rings is 1. The molecule has 74 valence electrons. The second-order valence-electron chi connectivity index (χ2n) is 3.11. The normalized spacial score (nSPS) is 20.4.